The summed E-state index contributed by atoms with van der Waals surface area (Å²) in [7, 11) is 1.50. The number of aryl methyl sites for hydroxylation is 2. The van der Waals surface area contributed by atoms with Crippen molar-refractivity contribution in [3.05, 3.63) is 88.7 Å². The molecule has 0 aromatic heterocycles. The Labute approximate surface area is 161 Å². The molecule has 144 valence electrons. The fourth-order valence-electron chi connectivity index (χ4n) is 3.25. The van der Waals surface area contributed by atoms with Crippen LogP contribution in [0, 0.1) is 17.5 Å². The SMILES string of the molecule is COc1ccc(CCc2ccc(-c3ccc(C4CO4)c(F)c3F)cc2)c(F)c1. The van der Waals surface area contributed by atoms with Crippen LogP contribution in [0.15, 0.2) is 54.6 Å². The van der Waals surface area contributed by atoms with Gasteiger partial charge in [-0.1, -0.05) is 42.5 Å². The summed E-state index contributed by atoms with van der Waals surface area (Å²) in [6.45, 7) is 0.430. The molecule has 1 unspecified atom stereocenters. The number of benzene rings is 3. The molecule has 1 atom stereocenters. The van der Waals surface area contributed by atoms with Gasteiger partial charge in [0, 0.05) is 17.2 Å². The van der Waals surface area contributed by atoms with Crippen molar-refractivity contribution >= 4 is 0 Å². The molecule has 28 heavy (non-hydrogen) atoms. The molecule has 2 nitrogen and oxygen atoms in total. The van der Waals surface area contributed by atoms with Crippen LogP contribution < -0.4 is 4.74 Å². The summed E-state index contributed by atoms with van der Waals surface area (Å²) >= 11 is 0. The Kier molecular flexibility index (Phi) is 5.09. The molecule has 1 aliphatic rings. The Balaban J connectivity index is 1.48. The molecule has 1 aliphatic heterocycles. The lowest BCUT2D eigenvalue weighted by Crippen LogP contribution is -1.97. The Hall–Kier alpha value is -2.79. The van der Waals surface area contributed by atoms with E-state index in [9.17, 15) is 13.2 Å². The van der Waals surface area contributed by atoms with Crippen LogP contribution in [0.25, 0.3) is 11.1 Å². The van der Waals surface area contributed by atoms with Crippen LogP contribution in [0.5, 0.6) is 5.75 Å². The maximum absolute atomic E-state index is 14.4. The first kappa shape index (κ1) is 18.6. The minimum atomic E-state index is -0.860. The average Bonchev–Trinajstić information content (AvgIpc) is 3.55. The third-order valence-electron chi connectivity index (χ3n) is 5.00. The van der Waals surface area contributed by atoms with E-state index in [1.165, 1.54) is 13.2 Å². The molecular weight excluding hydrogens is 365 g/mol. The van der Waals surface area contributed by atoms with E-state index in [2.05, 4.69) is 0 Å². The van der Waals surface area contributed by atoms with Gasteiger partial charge in [0.25, 0.3) is 0 Å². The number of methoxy groups -OCH3 is 1. The number of hydrogen-bond donors (Lipinski definition) is 0. The van der Waals surface area contributed by atoms with E-state index < -0.39 is 11.6 Å². The van der Waals surface area contributed by atoms with Gasteiger partial charge in [0.2, 0.25) is 0 Å². The van der Waals surface area contributed by atoms with E-state index >= 15 is 0 Å². The molecule has 1 heterocycles. The molecule has 0 bridgehead atoms. The Morgan fingerprint density at radius 1 is 0.929 bits per heavy atom. The fraction of sp³-hybridized carbons (Fsp3) is 0.217. The van der Waals surface area contributed by atoms with Gasteiger partial charge in [0.05, 0.1) is 13.7 Å². The van der Waals surface area contributed by atoms with Gasteiger partial charge in [-0.15, -0.1) is 0 Å². The highest BCUT2D eigenvalue weighted by Gasteiger charge is 2.30. The average molecular weight is 384 g/mol. The summed E-state index contributed by atoms with van der Waals surface area (Å²) in [5, 5.41) is 0. The molecule has 4 rings (SSSR count). The van der Waals surface area contributed by atoms with E-state index in [-0.39, 0.29) is 23.0 Å². The third kappa shape index (κ3) is 3.76. The maximum Gasteiger partial charge on any atom is 0.167 e. The zero-order valence-corrected chi connectivity index (χ0v) is 15.3. The Morgan fingerprint density at radius 2 is 1.68 bits per heavy atom. The second-order valence-corrected chi connectivity index (χ2v) is 6.81. The minimum absolute atomic E-state index is 0.217. The molecule has 3 aromatic rings. The summed E-state index contributed by atoms with van der Waals surface area (Å²) in [6.07, 6.45) is 0.844. The lowest BCUT2D eigenvalue weighted by atomic mass is 9.98. The van der Waals surface area contributed by atoms with Gasteiger partial charge in [-0.05, 0) is 35.6 Å². The number of epoxide rings is 1. The number of rotatable bonds is 6. The molecule has 1 saturated heterocycles. The second-order valence-electron chi connectivity index (χ2n) is 6.81. The second kappa shape index (κ2) is 7.68. The highest BCUT2D eigenvalue weighted by Crippen LogP contribution is 2.35. The number of ether oxygens (including phenoxy) is 2. The van der Waals surface area contributed by atoms with Crippen molar-refractivity contribution in [2.75, 3.05) is 13.7 Å². The van der Waals surface area contributed by atoms with Crippen molar-refractivity contribution in [3.63, 3.8) is 0 Å². The van der Waals surface area contributed by atoms with Crippen LogP contribution in [0.1, 0.15) is 22.8 Å². The Morgan fingerprint density at radius 3 is 2.32 bits per heavy atom. The van der Waals surface area contributed by atoms with Crippen molar-refractivity contribution in [2.24, 2.45) is 0 Å². The molecule has 3 aromatic carbocycles. The van der Waals surface area contributed by atoms with Crippen LogP contribution >= 0.6 is 0 Å². The molecule has 0 spiro atoms. The molecule has 5 heteroatoms. The van der Waals surface area contributed by atoms with E-state index in [0.717, 1.165) is 5.56 Å². The molecule has 0 radical (unpaired) electrons. The predicted octanol–water partition coefficient (Wildman–Crippen LogP) is 5.64. The summed E-state index contributed by atoms with van der Waals surface area (Å²) in [6, 6.07) is 15.2. The summed E-state index contributed by atoms with van der Waals surface area (Å²) in [5.74, 6) is -1.52. The first-order valence-corrected chi connectivity index (χ1v) is 9.08. The Bertz CT molecular complexity index is 995. The lowest BCUT2D eigenvalue weighted by Gasteiger charge is -2.09. The smallest absolute Gasteiger partial charge is 0.167 e. The lowest BCUT2D eigenvalue weighted by molar-refractivity contribution is 0.401. The highest BCUT2D eigenvalue weighted by molar-refractivity contribution is 5.65. The highest BCUT2D eigenvalue weighted by atomic mass is 19.2. The first-order valence-electron chi connectivity index (χ1n) is 9.08. The molecule has 0 saturated carbocycles. The third-order valence-corrected chi connectivity index (χ3v) is 5.00. The monoisotopic (exact) mass is 384 g/mol. The van der Waals surface area contributed by atoms with E-state index in [1.54, 1.807) is 36.4 Å². The molecule has 1 fully saturated rings. The molecule has 0 N–H and O–H groups in total. The van der Waals surface area contributed by atoms with Crippen molar-refractivity contribution < 1.29 is 22.6 Å². The zero-order chi connectivity index (χ0) is 19.7. The molecule has 0 amide bonds. The molecule has 0 aliphatic carbocycles. The van der Waals surface area contributed by atoms with Gasteiger partial charge in [-0.25, -0.2) is 13.2 Å². The van der Waals surface area contributed by atoms with Gasteiger partial charge in [0.15, 0.2) is 11.6 Å². The quantitative estimate of drug-likeness (QED) is 0.513. The standard InChI is InChI=1S/C23H19F3O2/c1-27-17-9-8-16(20(24)12-17)7-4-14-2-5-15(6-3-14)18-10-11-19(21-13-28-21)23(26)22(18)25/h2-3,5-6,8-12,21H,4,7,13H2,1H3. The van der Waals surface area contributed by atoms with Gasteiger partial charge < -0.3 is 9.47 Å². The normalized spacial score (nSPS) is 15.5. The summed E-state index contributed by atoms with van der Waals surface area (Å²) in [4.78, 5) is 0. The van der Waals surface area contributed by atoms with Gasteiger partial charge in [-0.3, -0.25) is 0 Å². The van der Waals surface area contributed by atoms with Gasteiger partial charge in [0.1, 0.15) is 17.7 Å². The predicted molar refractivity (Wildman–Crippen MR) is 101 cm³/mol. The van der Waals surface area contributed by atoms with Crippen molar-refractivity contribution in [3.8, 4) is 16.9 Å². The van der Waals surface area contributed by atoms with Crippen molar-refractivity contribution in [1.29, 1.82) is 0 Å². The number of halogens is 3. The van der Waals surface area contributed by atoms with Crippen LogP contribution in [0.3, 0.4) is 0 Å². The number of hydrogen-bond acceptors (Lipinski definition) is 2. The van der Waals surface area contributed by atoms with Crippen LogP contribution in [0.2, 0.25) is 0 Å². The zero-order valence-electron chi connectivity index (χ0n) is 15.3. The summed E-state index contributed by atoms with van der Waals surface area (Å²) < 4.78 is 52.7. The summed E-state index contributed by atoms with van der Waals surface area (Å²) in [5.41, 5.74) is 2.67. The fourth-order valence-corrected chi connectivity index (χ4v) is 3.25. The minimum Gasteiger partial charge on any atom is -0.497 e. The molecular formula is C23H19F3O2. The van der Waals surface area contributed by atoms with E-state index in [0.29, 0.717) is 36.3 Å². The maximum atomic E-state index is 14.4. The van der Waals surface area contributed by atoms with Crippen molar-refractivity contribution in [2.45, 2.75) is 18.9 Å². The topological polar surface area (TPSA) is 21.8 Å². The van der Waals surface area contributed by atoms with Gasteiger partial charge >= 0.3 is 0 Å². The van der Waals surface area contributed by atoms with E-state index in [1.807, 2.05) is 12.1 Å². The van der Waals surface area contributed by atoms with Gasteiger partial charge in [-0.2, -0.15) is 0 Å². The van der Waals surface area contributed by atoms with E-state index in [4.69, 9.17) is 9.47 Å². The van der Waals surface area contributed by atoms with Crippen LogP contribution in [-0.2, 0) is 17.6 Å². The largest absolute Gasteiger partial charge is 0.497 e. The van der Waals surface area contributed by atoms with Crippen molar-refractivity contribution in [1.82, 2.24) is 0 Å². The van der Waals surface area contributed by atoms with Crippen LogP contribution in [0.4, 0.5) is 13.2 Å². The first-order chi connectivity index (χ1) is 13.6. The van der Waals surface area contributed by atoms with Crippen LogP contribution in [-0.4, -0.2) is 13.7 Å².